The van der Waals surface area contributed by atoms with Gasteiger partial charge in [0.25, 0.3) is 5.91 Å². The highest BCUT2D eigenvalue weighted by molar-refractivity contribution is 7.89. The van der Waals surface area contributed by atoms with Crippen LogP contribution in [-0.2, 0) is 30.0 Å². The Labute approximate surface area is 197 Å². The van der Waals surface area contributed by atoms with Gasteiger partial charge in [0.15, 0.2) is 0 Å². The number of sulfonamides is 1. The largest absolute Gasteiger partial charge is 0.349 e. The van der Waals surface area contributed by atoms with Gasteiger partial charge in [0.1, 0.15) is 10.6 Å². The van der Waals surface area contributed by atoms with Crippen LogP contribution in [0.4, 0.5) is 0 Å². The van der Waals surface area contributed by atoms with E-state index >= 15 is 0 Å². The normalized spacial score (nSPS) is 15.3. The van der Waals surface area contributed by atoms with E-state index < -0.39 is 10.0 Å². The topological polar surface area (TPSA) is 83.4 Å². The van der Waals surface area contributed by atoms with Gasteiger partial charge in [-0.25, -0.2) is 13.1 Å². The molecule has 32 heavy (non-hydrogen) atoms. The van der Waals surface area contributed by atoms with Crippen molar-refractivity contribution < 1.29 is 13.2 Å². The zero-order chi connectivity index (χ0) is 22.9. The summed E-state index contributed by atoms with van der Waals surface area (Å²) >= 11 is 7.88. The fourth-order valence-corrected chi connectivity index (χ4v) is 5.80. The molecule has 0 radical (unpaired) electrons. The van der Waals surface area contributed by atoms with Gasteiger partial charge in [-0.2, -0.15) is 0 Å². The summed E-state index contributed by atoms with van der Waals surface area (Å²) < 4.78 is 28.0. The van der Waals surface area contributed by atoms with E-state index in [1.54, 1.807) is 18.4 Å². The Morgan fingerprint density at radius 2 is 2.00 bits per heavy atom. The zero-order valence-corrected chi connectivity index (χ0v) is 20.2. The fraction of sp³-hybridized carbons (Fsp3) is 0.318. The van der Waals surface area contributed by atoms with Crippen molar-refractivity contribution in [2.75, 3.05) is 20.1 Å². The predicted octanol–water partition coefficient (Wildman–Crippen LogP) is 3.18. The number of nitrogens with zero attached hydrogens (tertiary/aromatic N) is 2. The van der Waals surface area contributed by atoms with Gasteiger partial charge in [-0.1, -0.05) is 23.7 Å². The van der Waals surface area contributed by atoms with Crippen molar-refractivity contribution in [3.63, 3.8) is 0 Å². The summed E-state index contributed by atoms with van der Waals surface area (Å²) in [6.45, 7) is 2.10. The molecule has 0 saturated carbocycles. The molecular weight excluding hydrogens is 468 g/mol. The number of aromatic nitrogens is 1. The van der Waals surface area contributed by atoms with E-state index in [1.807, 2.05) is 24.3 Å². The third kappa shape index (κ3) is 4.77. The van der Waals surface area contributed by atoms with Gasteiger partial charge in [-0.15, -0.1) is 11.3 Å². The van der Waals surface area contributed by atoms with E-state index in [2.05, 4.69) is 26.4 Å². The molecule has 1 unspecified atom stereocenters. The second-order valence-corrected chi connectivity index (χ2v) is 11.1. The molecule has 1 aliphatic rings. The van der Waals surface area contributed by atoms with Crippen LogP contribution in [0.3, 0.4) is 0 Å². The van der Waals surface area contributed by atoms with E-state index in [-0.39, 0.29) is 22.5 Å². The summed E-state index contributed by atoms with van der Waals surface area (Å²) in [5, 5.41) is 5.79. The molecule has 0 spiro atoms. The molecule has 1 aliphatic heterocycles. The Kier molecular flexibility index (Phi) is 6.73. The lowest BCUT2D eigenvalue weighted by Gasteiger charge is -2.35. The van der Waals surface area contributed by atoms with Crippen molar-refractivity contribution in [3.8, 4) is 0 Å². The first kappa shape index (κ1) is 23.0. The van der Waals surface area contributed by atoms with Gasteiger partial charge in [-0.05, 0) is 54.2 Å². The van der Waals surface area contributed by atoms with Crippen LogP contribution < -0.4 is 10.0 Å². The summed E-state index contributed by atoms with van der Waals surface area (Å²) in [5.41, 5.74) is 2.68. The average molecular weight is 493 g/mol. The second kappa shape index (κ2) is 9.36. The summed E-state index contributed by atoms with van der Waals surface area (Å²) in [4.78, 5) is 16.8. The molecule has 4 rings (SSSR count). The van der Waals surface area contributed by atoms with Gasteiger partial charge >= 0.3 is 0 Å². The number of aryl methyl sites for hydroxylation is 1. The quantitative estimate of drug-likeness (QED) is 0.530. The first-order valence-corrected chi connectivity index (χ1v) is 13.0. The van der Waals surface area contributed by atoms with Crippen LogP contribution in [0.2, 0.25) is 5.02 Å². The van der Waals surface area contributed by atoms with Gasteiger partial charge in [-0.3, -0.25) is 9.69 Å². The third-order valence-corrected chi connectivity index (χ3v) is 8.44. The summed E-state index contributed by atoms with van der Waals surface area (Å²) in [6.07, 6.45) is 2.41. The number of hydrogen-bond acceptors (Lipinski definition) is 5. The van der Waals surface area contributed by atoms with Crippen LogP contribution in [-0.4, -0.2) is 43.9 Å². The maximum Gasteiger partial charge on any atom is 0.268 e. The second-order valence-electron chi connectivity index (χ2n) is 7.75. The minimum Gasteiger partial charge on any atom is -0.349 e. The first-order chi connectivity index (χ1) is 15.3. The lowest BCUT2D eigenvalue weighted by Crippen LogP contribution is -2.40. The minimum absolute atomic E-state index is 0.0370. The van der Waals surface area contributed by atoms with Crippen LogP contribution in [0, 0.1) is 0 Å². The maximum absolute atomic E-state index is 12.9. The summed E-state index contributed by atoms with van der Waals surface area (Å²) in [6, 6.07) is 11.2. The molecule has 2 aromatic heterocycles. The first-order valence-electron chi connectivity index (χ1n) is 10.2. The number of amides is 1. The summed E-state index contributed by atoms with van der Waals surface area (Å²) in [5.74, 6) is -0.322. The number of thiophene rings is 1. The number of rotatable bonds is 7. The molecule has 10 heteroatoms. The van der Waals surface area contributed by atoms with Crippen LogP contribution >= 0.6 is 22.9 Å². The average Bonchev–Trinajstić information content (AvgIpc) is 3.41. The Morgan fingerprint density at radius 1 is 1.25 bits per heavy atom. The Hall–Kier alpha value is -2.17. The number of halogens is 1. The number of hydrogen-bond donors (Lipinski definition) is 2. The molecule has 0 saturated heterocycles. The number of nitrogens with one attached hydrogen (secondary N) is 2. The van der Waals surface area contributed by atoms with E-state index in [0.29, 0.717) is 11.6 Å². The molecule has 170 valence electrons. The highest BCUT2D eigenvalue weighted by atomic mass is 35.5. The van der Waals surface area contributed by atoms with Crippen LogP contribution in [0.15, 0.2) is 52.9 Å². The van der Waals surface area contributed by atoms with Crippen molar-refractivity contribution in [2.45, 2.75) is 23.9 Å². The standard InChI is InChI=1S/C22H25ClN4O3S2/c1-24-32(29,30)18-11-19(26(2)14-18)22(28)25-12-20(15-3-5-17(23)6-4-15)27-9-7-21-16(13-27)8-10-31-21/h3-6,8,10-11,14,20,24H,7,9,12-13H2,1-2H3,(H,25,28). The van der Waals surface area contributed by atoms with Gasteiger partial charge in [0, 0.05) is 42.8 Å². The molecule has 2 N–H and O–H groups in total. The zero-order valence-electron chi connectivity index (χ0n) is 17.8. The van der Waals surface area contributed by atoms with Crippen molar-refractivity contribution in [1.29, 1.82) is 0 Å². The molecule has 3 heterocycles. The molecule has 1 amide bonds. The molecule has 0 aliphatic carbocycles. The lowest BCUT2D eigenvalue weighted by atomic mass is 10.0. The van der Waals surface area contributed by atoms with E-state index in [0.717, 1.165) is 25.1 Å². The SMILES string of the molecule is CNS(=O)(=O)c1cc(C(=O)NCC(c2ccc(Cl)cc2)N2CCc3sccc3C2)n(C)c1. The lowest BCUT2D eigenvalue weighted by molar-refractivity contribution is 0.0920. The van der Waals surface area contributed by atoms with Crippen LogP contribution in [0.5, 0.6) is 0 Å². The third-order valence-electron chi connectivity index (χ3n) is 5.78. The van der Waals surface area contributed by atoms with Gasteiger partial charge in [0.05, 0.1) is 6.04 Å². The molecular formula is C22H25ClN4O3S2. The molecule has 1 atom stereocenters. The van der Waals surface area contributed by atoms with Crippen molar-refractivity contribution in [3.05, 3.63) is 74.7 Å². The molecule has 7 nitrogen and oxygen atoms in total. The van der Waals surface area contributed by atoms with Gasteiger partial charge < -0.3 is 9.88 Å². The number of carbonyl (C=O) groups excluding carboxylic acids is 1. The highest BCUT2D eigenvalue weighted by Gasteiger charge is 2.27. The van der Waals surface area contributed by atoms with E-state index in [9.17, 15) is 13.2 Å². The van der Waals surface area contributed by atoms with Crippen molar-refractivity contribution >= 4 is 38.9 Å². The molecule has 3 aromatic rings. The van der Waals surface area contributed by atoms with Gasteiger partial charge in [0.2, 0.25) is 10.0 Å². The smallest absolute Gasteiger partial charge is 0.268 e. The number of carbonyl (C=O) groups is 1. The van der Waals surface area contributed by atoms with E-state index in [1.165, 1.54) is 34.3 Å². The van der Waals surface area contributed by atoms with Crippen LogP contribution in [0.1, 0.15) is 32.5 Å². The van der Waals surface area contributed by atoms with Crippen LogP contribution in [0.25, 0.3) is 0 Å². The summed E-state index contributed by atoms with van der Waals surface area (Å²) in [7, 11) is -0.623. The molecule has 0 bridgehead atoms. The Balaban J connectivity index is 1.54. The highest BCUT2D eigenvalue weighted by Crippen LogP contribution is 2.30. The maximum atomic E-state index is 12.9. The molecule has 1 aromatic carbocycles. The van der Waals surface area contributed by atoms with Crippen molar-refractivity contribution in [1.82, 2.24) is 19.5 Å². The molecule has 0 fully saturated rings. The fourth-order valence-electron chi connectivity index (χ4n) is 3.98. The Morgan fingerprint density at radius 3 is 2.72 bits per heavy atom. The van der Waals surface area contributed by atoms with Crippen molar-refractivity contribution in [2.24, 2.45) is 7.05 Å². The predicted molar refractivity (Wildman–Crippen MR) is 127 cm³/mol. The van der Waals surface area contributed by atoms with E-state index in [4.69, 9.17) is 11.6 Å². The Bertz CT molecular complexity index is 1220. The number of fused-ring (bicyclic) bond motifs is 1. The monoisotopic (exact) mass is 492 g/mol. The minimum atomic E-state index is -3.62. The number of benzene rings is 1.